The first-order valence-electron chi connectivity index (χ1n) is 5.21. The van der Waals surface area contributed by atoms with Crippen molar-refractivity contribution in [1.82, 2.24) is 10.2 Å². The molecule has 1 fully saturated rings. The minimum atomic E-state index is -0.166. The highest BCUT2D eigenvalue weighted by Crippen LogP contribution is 2.39. The lowest BCUT2D eigenvalue weighted by molar-refractivity contribution is 0.329. The zero-order valence-corrected chi connectivity index (χ0v) is 8.79. The number of hydrogen-bond acceptors (Lipinski definition) is 4. The molecule has 0 aromatic carbocycles. The molecule has 1 heterocycles. The molecule has 0 aliphatic heterocycles. The van der Waals surface area contributed by atoms with E-state index in [1.165, 1.54) is 12.8 Å². The first-order chi connectivity index (χ1) is 6.62. The molecule has 1 aromatic rings. The lowest BCUT2D eigenvalue weighted by atomic mass is 9.89. The zero-order chi connectivity index (χ0) is 10.2. The third-order valence-electron chi connectivity index (χ3n) is 3.05. The van der Waals surface area contributed by atoms with Crippen molar-refractivity contribution in [3.8, 4) is 0 Å². The van der Waals surface area contributed by atoms with Crippen molar-refractivity contribution in [2.45, 2.75) is 51.0 Å². The third kappa shape index (κ3) is 1.54. The van der Waals surface area contributed by atoms with Gasteiger partial charge in [0.15, 0.2) is 0 Å². The Bertz CT molecular complexity index is 313. The van der Waals surface area contributed by atoms with Gasteiger partial charge in [-0.3, -0.25) is 0 Å². The Morgan fingerprint density at radius 2 is 2.00 bits per heavy atom. The number of rotatable bonds is 2. The minimum absolute atomic E-state index is 0.0974. The van der Waals surface area contributed by atoms with Crippen LogP contribution in [0.1, 0.15) is 57.4 Å². The van der Waals surface area contributed by atoms with E-state index in [0.29, 0.717) is 5.89 Å². The maximum Gasteiger partial charge on any atom is 0.232 e. The molecule has 4 heteroatoms. The molecular formula is C10H17N3O. The summed E-state index contributed by atoms with van der Waals surface area (Å²) in [7, 11) is 0. The van der Waals surface area contributed by atoms with Gasteiger partial charge in [0.1, 0.15) is 0 Å². The highest BCUT2D eigenvalue weighted by atomic mass is 16.4. The maximum atomic E-state index is 5.67. The molecule has 0 spiro atoms. The van der Waals surface area contributed by atoms with Crippen molar-refractivity contribution in [3.63, 3.8) is 0 Å². The number of aromatic nitrogens is 2. The van der Waals surface area contributed by atoms with Crippen LogP contribution in [-0.2, 0) is 5.41 Å². The quantitative estimate of drug-likeness (QED) is 0.783. The molecule has 2 N–H and O–H groups in total. The average Bonchev–Trinajstić information content (AvgIpc) is 2.71. The Kier molecular flexibility index (Phi) is 2.31. The van der Waals surface area contributed by atoms with E-state index in [1.807, 2.05) is 6.92 Å². The van der Waals surface area contributed by atoms with E-state index in [4.69, 9.17) is 10.2 Å². The third-order valence-corrected chi connectivity index (χ3v) is 3.05. The van der Waals surface area contributed by atoms with Gasteiger partial charge >= 0.3 is 0 Å². The van der Waals surface area contributed by atoms with Crippen molar-refractivity contribution in [2.75, 3.05) is 0 Å². The van der Waals surface area contributed by atoms with Gasteiger partial charge in [0.05, 0.1) is 6.04 Å². The van der Waals surface area contributed by atoms with Gasteiger partial charge in [-0.1, -0.05) is 19.8 Å². The van der Waals surface area contributed by atoms with Crippen LogP contribution >= 0.6 is 0 Å². The van der Waals surface area contributed by atoms with E-state index in [2.05, 4.69) is 17.1 Å². The molecule has 0 amide bonds. The molecule has 1 aliphatic rings. The number of nitrogens with two attached hydrogens (primary N) is 1. The monoisotopic (exact) mass is 195 g/mol. The summed E-state index contributed by atoms with van der Waals surface area (Å²) in [5, 5.41) is 8.06. The molecule has 14 heavy (non-hydrogen) atoms. The smallest absolute Gasteiger partial charge is 0.232 e. The molecule has 1 aromatic heterocycles. The molecule has 1 atom stereocenters. The van der Waals surface area contributed by atoms with Gasteiger partial charge in [0.2, 0.25) is 11.8 Å². The molecule has 1 saturated carbocycles. The summed E-state index contributed by atoms with van der Waals surface area (Å²) in [5.41, 5.74) is 5.77. The van der Waals surface area contributed by atoms with Crippen molar-refractivity contribution >= 4 is 0 Å². The fraction of sp³-hybridized carbons (Fsp3) is 0.800. The Morgan fingerprint density at radius 1 is 1.36 bits per heavy atom. The van der Waals surface area contributed by atoms with Crippen LogP contribution in [0.3, 0.4) is 0 Å². The second-order valence-electron chi connectivity index (χ2n) is 4.50. The summed E-state index contributed by atoms with van der Waals surface area (Å²) in [6, 6.07) is -0.166. The summed E-state index contributed by atoms with van der Waals surface area (Å²) in [6.07, 6.45) is 4.81. The van der Waals surface area contributed by atoms with Gasteiger partial charge in [-0.2, -0.15) is 0 Å². The van der Waals surface area contributed by atoms with E-state index in [1.54, 1.807) is 0 Å². The number of hydrogen-bond donors (Lipinski definition) is 1. The van der Waals surface area contributed by atoms with Crippen LogP contribution in [0.15, 0.2) is 4.42 Å². The molecule has 0 bridgehead atoms. The lowest BCUT2D eigenvalue weighted by Crippen LogP contribution is -2.17. The molecule has 78 valence electrons. The first kappa shape index (κ1) is 9.65. The standard InChI is InChI=1S/C10H17N3O/c1-7(11)8-12-13-9(14-8)10(2)5-3-4-6-10/h7H,3-6,11H2,1-2H3. The summed E-state index contributed by atoms with van der Waals surface area (Å²) < 4.78 is 5.58. The summed E-state index contributed by atoms with van der Waals surface area (Å²) in [4.78, 5) is 0. The van der Waals surface area contributed by atoms with Crippen LogP contribution in [0.5, 0.6) is 0 Å². The second-order valence-corrected chi connectivity index (χ2v) is 4.50. The van der Waals surface area contributed by atoms with Gasteiger partial charge in [0, 0.05) is 5.41 Å². The summed E-state index contributed by atoms with van der Waals surface area (Å²) >= 11 is 0. The fourth-order valence-corrected chi connectivity index (χ4v) is 2.03. The Hall–Kier alpha value is -0.900. The predicted octanol–water partition coefficient (Wildman–Crippen LogP) is 1.92. The van der Waals surface area contributed by atoms with Crippen molar-refractivity contribution in [1.29, 1.82) is 0 Å². The topological polar surface area (TPSA) is 64.9 Å². The second kappa shape index (κ2) is 3.35. The molecule has 1 unspecified atom stereocenters. The largest absolute Gasteiger partial charge is 0.423 e. The fourth-order valence-electron chi connectivity index (χ4n) is 2.03. The highest BCUT2D eigenvalue weighted by Gasteiger charge is 2.35. The Morgan fingerprint density at radius 3 is 2.50 bits per heavy atom. The first-order valence-corrected chi connectivity index (χ1v) is 5.21. The van der Waals surface area contributed by atoms with E-state index >= 15 is 0 Å². The van der Waals surface area contributed by atoms with E-state index < -0.39 is 0 Å². The molecule has 0 radical (unpaired) electrons. The van der Waals surface area contributed by atoms with Crippen LogP contribution < -0.4 is 5.73 Å². The summed E-state index contributed by atoms with van der Waals surface area (Å²) in [5.74, 6) is 1.32. The molecular weight excluding hydrogens is 178 g/mol. The van der Waals surface area contributed by atoms with Crippen LogP contribution in [-0.4, -0.2) is 10.2 Å². The SMILES string of the molecule is CC(N)c1nnc(C2(C)CCCC2)o1. The van der Waals surface area contributed by atoms with Crippen molar-refractivity contribution in [2.24, 2.45) is 5.73 Å². The van der Waals surface area contributed by atoms with E-state index in [0.717, 1.165) is 18.7 Å². The van der Waals surface area contributed by atoms with Gasteiger partial charge in [-0.15, -0.1) is 10.2 Å². The molecule has 2 rings (SSSR count). The van der Waals surface area contributed by atoms with Gasteiger partial charge < -0.3 is 10.2 Å². The Labute approximate surface area is 83.9 Å². The van der Waals surface area contributed by atoms with Crippen LogP contribution in [0.25, 0.3) is 0 Å². The van der Waals surface area contributed by atoms with Crippen LogP contribution in [0, 0.1) is 0 Å². The van der Waals surface area contributed by atoms with Gasteiger partial charge in [0.25, 0.3) is 0 Å². The predicted molar refractivity (Wildman–Crippen MR) is 52.7 cm³/mol. The zero-order valence-electron chi connectivity index (χ0n) is 8.79. The normalized spacial score (nSPS) is 22.5. The van der Waals surface area contributed by atoms with E-state index in [-0.39, 0.29) is 11.5 Å². The van der Waals surface area contributed by atoms with Gasteiger partial charge in [-0.25, -0.2) is 0 Å². The number of nitrogens with zero attached hydrogens (tertiary/aromatic N) is 2. The lowest BCUT2D eigenvalue weighted by Gasteiger charge is -2.17. The van der Waals surface area contributed by atoms with Gasteiger partial charge in [-0.05, 0) is 19.8 Å². The average molecular weight is 195 g/mol. The molecule has 4 nitrogen and oxygen atoms in total. The molecule has 0 saturated heterocycles. The summed E-state index contributed by atoms with van der Waals surface area (Å²) in [6.45, 7) is 4.05. The van der Waals surface area contributed by atoms with Crippen LogP contribution in [0.2, 0.25) is 0 Å². The maximum absolute atomic E-state index is 5.67. The Balaban J connectivity index is 2.23. The van der Waals surface area contributed by atoms with E-state index in [9.17, 15) is 0 Å². The highest BCUT2D eigenvalue weighted by molar-refractivity contribution is 5.05. The van der Waals surface area contributed by atoms with Crippen LogP contribution in [0.4, 0.5) is 0 Å². The van der Waals surface area contributed by atoms with Crippen molar-refractivity contribution < 1.29 is 4.42 Å². The van der Waals surface area contributed by atoms with Crippen molar-refractivity contribution in [3.05, 3.63) is 11.8 Å². The minimum Gasteiger partial charge on any atom is -0.423 e. The molecule has 1 aliphatic carbocycles.